The molecule has 4 rings (SSSR count). The molecule has 11 heteroatoms. The van der Waals surface area contributed by atoms with Gasteiger partial charge < -0.3 is 18.3 Å². The van der Waals surface area contributed by atoms with Crippen LogP contribution in [0.5, 0.6) is 11.5 Å². The van der Waals surface area contributed by atoms with Crippen molar-refractivity contribution in [3.05, 3.63) is 64.3 Å². The summed E-state index contributed by atoms with van der Waals surface area (Å²) in [5.74, 6) is 2.84. The Morgan fingerprint density at radius 1 is 0.900 bits per heavy atom. The number of ether oxygens (including phenoxy) is 2. The minimum absolute atomic E-state index is 0.152. The first-order valence-corrected chi connectivity index (χ1v) is 10.3. The zero-order valence-corrected chi connectivity index (χ0v) is 17.9. The van der Waals surface area contributed by atoms with Crippen molar-refractivity contribution in [3.63, 3.8) is 0 Å². The molecule has 0 spiro atoms. The number of benzene rings is 2. The maximum Gasteiger partial charge on any atom is 0.277 e. The largest absolute Gasteiger partial charge is 0.497 e. The first-order chi connectivity index (χ1) is 14.6. The maximum absolute atomic E-state index is 6.17. The molecule has 30 heavy (non-hydrogen) atoms. The lowest BCUT2D eigenvalue weighted by atomic mass is 10.2. The van der Waals surface area contributed by atoms with Gasteiger partial charge in [-0.2, -0.15) is 0 Å². The van der Waals surface area contributed by atoms with Crippen molar-refractivity contribution in [2.24, 2.45) is 0 Å². The molecular weight excluding hydrogens is 451 g/mol. The van der Waals surface area contributed by atoms with E-state index in [0.29, 0.717) is 50.0 Å². The van der Waals surface area contributed by atoms with Crippen LogP contribution in [0.15, 0.2) is 56.5 Å². The number of aromatic nitrogens is 4. The van der Waals surface area contributed by atoms with Gasteiger partial charge in [0, 0.05) is 5.02 Å². The Morgan fingerprint density at radius 3 is 2.43 bits per heavy atom. The standard InChI is InChI=1S/C19H14Cl2N4O4S/c1-26-12-3-5-13(6-4-12)27-9-16-22-25-19(29-16)30-10-17-23-24-18(28-17)14-7-2-11(20)8-15(14)21/h2-8H,9-10H2,1H3. The van der Waals surface area contributed by atoms with Crippen LogP contribution in [0.2, 0.25) is 10.0 Å². The quantitative estimate of drug-likeness (QED) is 0.321. The van der Waals surface area contributed by atoms with Gasteiger partial charge in [0.1, 0.15) is 11.5 Å². The van der Waals surface area contributed by atoms with Crippen LogP contribution in [0, 0.1) is 0 Å². The fraction of sp³-hybridized carbons (Fsp3) is 0.158. The third-order valence-electron chi connectivity index (χ3n) is 3.82. The second kappa shape index (κ2) is 9.38. The van der Waals surface area contributed by atoms with Crippen LogP contribution in [-0.4, -0.2) is 27.5 Å². The van der Waals surface area contributed by atoms with E-state index in [4.69, 9.17) is 41.5 Å². The molecule has 2 heterocycles. The molecule has 0 saturated carbocycles. The van der Waals surface area contributed by atoms with Crippen molar-refractivity contribution in [3.8, 4) is 23.0 Å². The monoisotopic (exact) mass is 464 g/mol. The molecule has 0 saturated heterocycles. The van der Waals surface area contributed by atoms with Crippen molar-refractivity contribution in [1.29, 1.82) is 0 Å². The van der Waals surface area contributed by atoms with E-state index < -0.39 is 0 Å². The summed E-state index contributed by atoms with van der Waals surface area (Å²) >= 11 is 13.3. The topological polar surface area (TPSA) is 96.3 Å². The van der Waals surface area contributed by atoms with E-state index in [1.54, 1.807) is 49.6 Å². The summed E-state index contributed by atoms with van der Waals surface area (Å²) in [5.41, 5.74) is 0.612. The first kappa shape index (κ1) is 20.5. The Bertz CT molecular complexity index is 1130. The van der Waals surface area contributed by atoms with Crippen LogP contribution in [0.25, 0.3) is 11.5 Å². The molecule has 154 valence electrons. The van der Waals surface area contributed by atoms with E-state index in [9.17, 15) is 0 Å². The molecule has 0 atom stereocenters. The second-order valence-corrected chi connectivity index (χ2v) is 7.61. The number of thioether (sulfide) groups is 1. The van der Waals surface area contributed by atoms with Gasteiger partial charge in [-0.15, -0.1) is 20.4 Å². The molecule has 0 aliphatic carbocycles. The molecule has 0 unspecified atom stereocenters. The Hall–Kier alpha value is -2.75. The van der Waals surface area contributed by atoms with Crippen molar-refractivity contribution < 1.29 is 18.3 Å². The number of hydrogen-bond donors (Lipinski definition) is 0. The van der Waals surface area contributed by atoms with Crippen LogP contribution in [0.3, 0.4) is 0 Å². The zero-order valence-electron chi connectivity index (χ0n) is 15.5. The van der Waals surface area contributed by atoms with E-state index in [1.165, 1.54) is 11.8 Å². The number of methoxy groups -OCH3 is 1. The summed E-state index contributed by atoms with van der Waals surface area (Å²) in [7, 11) is 1.61. The van der Waals surface area contributed by atoms with Crippen LogP contribution in [0.4, 0.5) is 0 Å². The van der Waals surface area contributed by atoms with Gasteiger partial charge in [-0.3, -0.25) is 0 Å². The molecule has 2 aromatic carbocycles. The van der Waals surface area contributed by atoms with Gasteiger partial charge in [-0.05, 0) is 42.5 Å². The lowest BCUT2D eigenvalue weighted by molar-refractivity contribution is 0.252. The van der Waals surface area contributed by atoms with Gasteiger partial charge in [0.2, 0.25) is 11.8 Å². The van der Waals surface area contributed by atoms with Crippen LogP contribution >= 0.6 is 35.0 Å². The smallest absolute Gasteiger partial charge is 0.277 e. The highest BCUT2D eigenvalue weighted by molar-refractivity contribution is 7.98. The fourth-order valence-corrected chi connectivity index (χ4v) is 3.49. The van der Waals surface area contributed by atoms with Gasteiger partial charge in [0.05, 0.1) is 23.4 Å². The van der Waals surface area contributed by atoms with E-state index >= 15 is 0 Å². The SMILES string of the molecule is COc1ccc(OCc2nnc(SCc3nnc(-c4ccc(Cl)cc4Cl)o3)o2)cc1. The normalized spacial score (nSPS) is 10.9. The second-order valence-electron chi connectivity index (χ2n) is 5.84. The number of hydrogen-bond acceptors (Lipinski definition) is 9. The van der Waals surface area contributed by atoms with Gasteiger partial charge in [0.15, 0.2) is 6.61 Å². The summed E-state index contributed by atoms with van der Waals surface area (Å²) in [5, 5.41) is 17.3. The van der Waals surface area contributed by atoms with Crippen LogP contribution in [-0.2, 0) is 12.4 Å². The van der Waals surface area contributed by atoms with E-state index in [1.807, 2.05) is 0 Å². The number of halogens is 2. The van der Waals surface area contributed by atoms with Crippen molar-refractivity contribution in [2.75, 3.05) is 7.11 Å². The molecule has 4 aromatic rings. The fourth-order valence-electron chi connectivity index (χ4n) is 2.38. The lowest BCUT2D eigenvalue weighted by Crippen LogP contribution is -1.95. The highest BCUT2D eigenvalue weighted by Crippen LogP contribution is 2.30. The summed E-state index contributed by atoms with van der Waals surface area (Å²) < 4.78 is 21.9. The Labute approximate surface area is 185 Å². The molecule has 0 N–H and O–H groups in total. The van der Waals surface area contributed by atoms with Gasteiger partial charge in [-0.1, -0.05) is 35.0 Å². The Kier molecular flexibility index (Phi) is 6.41. The van der Waals surface area contributed by atoms with Crippen LogP contribution in [0.1, 0.15) is 11.8 Å². The molecule has 2 aromatic heterocycles. The molecule has 0 radical (unpaired) electrons. The van der Waals surface area contributed by atoms with Gasteiger partial charge >= 0.3 is 0 Å². The molecular formula is C19H14Cl2N4O4S. The van der Waals surface area contributed by atoms with E-state index in [-0.39, 0.29) is 6.61 Å². The third-order valence-corrected chi connectivity index (χ3v) is 5.17. The third kappa shape index (κ3) is 5.05. The minimum Gasteiger partial charge on any atom is -0.497 e. The molecule has 8 nitrogen and oxygen atoms in total. The summed E-state index contributed by atoms with van der Waals surface area (Å²) in [6.45, 7) is 0.152. The molecule has 0 amide bonds. The summed E-state index contributed by atoms with van der Waals surface area (Å²) in [6.07, 6.45) is 0. The van der Waals surface area contributed by atoms with Crippen LogP contribution < -0.4 is 9.47 Å². The van der Waals surface area contributed by atoms with Gasteiger partial charge in [-0.25, -0.2) is 0 Å². The average molecular weight is 465 g/mol. The minimum atomic E-state index is 0.152. The highest BCUT2D eigenvalue weighted by atomic mass is 35.5. The van der Waals surface area contributed by atoms with Crippen molar-refractivity contribution in [1.82, 2.24) is 20.4 Å². The summed E-state index contributed by atoms with van der Waals surface area (Å²) in [4.78, 5) is 0. The number of nitrogens with zero attached hydrogens (tertiary/aromatic N) is 4. The number of rotatable bonds is 8. The Balaban J connectivity index is 1.31. The molecule has 0 fully saturated rings. The van der Waals surface area contributed by atoms with E-state index in [0.717, 1.165) is 5.75 Å². The lowest BCUT2D eigenvalue weighted by Gasteiger charge is -2.04. The maximum atomic E-state index is 6.17. The summed E-state index contributed by atoms with van der Waals surface area (Å²) in [6, 6.07) is 12.2. The Morgan fingerprint density at radius 2 is 1.67 bits per heavy atom. The predicted octanol–water partition coefficient (Wildman–Crippen LogP) is 5.31. The van der Waals surface area contributed by atoms with Crippen molar-refractivity contribution in [2.45, 2.75) is 17.6 Å². The molecule has 0 bridgehead atoms. The molecule has 0 aliphatic heterocycles. The van der Waals surface area contributed by atoms with Crippen molar-refractivity contribution >= 4 is 35.0 Å². The highest BCUT2D eigenvalue weighted by Gasteiger charge is 2.14. The molecule has 0 aliphatic rings. The zero-order chi connectivity index (χ0) is 20.9. The first-order valence-electron chi connectivity index (χ1n) is 8.60. The average Bonchev–Trinajstić information content (AvgIpc) is 3.40. The van der Waals surface area contributed by atoms with E-state index in [2.05, 4.69) is 20.4 Å². The predicted molar refractivity (Wildman–Crippen MR) is 111 cm³/mol. The van der Waals surface area contributed by atoms with Gasteiger partial charge in [0.25, 0.3) is 11.1 Å².